The zero-order chi connectivity index (χ0) is 25.4. The number of carbonyl (C=O) groups is 3. The molecule has 0 spiro atoms. The first-order valence-corrected chi connectivity index (χ1v) is 11.6. The number of Topliss-reactive ketones (excluding diaryl/α,β-unsaturated/α-hetero) is 2. The topological polar surface area (TPSA) is 162 Å². The largest absolute Gasteiger partial charge is 0.508 e. The Morgan fingerprint density at radius 2 is 2.00 bits per heavy atom. The lowest BCUT2D eigenvalue weighted by atomic mass is 9.57. The molecule has 10 heteroatoms. The van der Waals surface area contributed by atoms with Crippen LogP contribution < -0.4 is 15.8 Å². The number of aliphatic hydroxyl groups is 3. The van der Waals surface area contributed by atoms with Gasteiger partial charge in [0.25, 0.3) is 5.91 Å². The standard InChI is InChI=1S/C25H29N3O7/c1-28(2)18-13-8-10-7-11-9-14-12(5-4-6-27-14)21(35-3)15(11)19(29)16(10)22(31)25(13,34)23(32)17(20(18)30)24(26)33/h9-10,13,18,27,29,32,34H,4-8H2,1-3H3,(H2,26,33)/t10-,13-,18-,25-/m0/s1. The van der Waals surface area contributed by atoms with Crippen LogP contribution in [0.4, 0.5) is 5.69 Å². The van der Waals surface area contributed by atoms with Gasteiger partial charge in [-0.3, -0.25) is 19.3 Å². The summed E-state index contributed by atoms with van der Waals surface area (Å²) in [5.74, 6) is -5.34. The number of nitrogens with two attached hydrogens (primary N) is 1. The van der Waals surface area contributed by atoms with Crippen LogP contribution in [-0.4, -0.2) is 77.1 Å². The Kier molecular flexibility index (Phi) is 5.22. The highest BCUT2D eigenvalue weighted by Gasteiger charge is 2.64. The molecule has 1 aromatic rings. The third kappa shape index (κ3) is 2.99. The number of benzene rings is 1. The average Bonchev–Trinajstić information content (AvgIpc) is 2.79. The summed E-state index contributed by atoms with van der Waals surface area (Å²) >= 11 is 0. The Morgan fingerprint density at radius 3 is 2.63 bits per heavy atom. The van der Waals surface area contributed by atoms with Gasteiger partial charge in [-0.2, -0.15) is 0 Å². The van der Waals surface area contributed by atoms with E-state index in [0.29, 0.717) is 17.7 Å². The molecule has 186 valence electrons. The number of primary amides is 1. The Hall–Kier alpha value is -3.37. The summed E-state index contributed by atoms with van der Waals surface area (Å²) in [6, 6.07) is 0.898. The first-order valence-electron chi connectivity index (χ1n) is 11.6. The van der Waals surface area contributed by atoms with Gasteiger partial charge in [0.05, 0.1) is 18.7 Å². The van der Waals surface area contributed by atoms with Crippen molar-refractivity contribution in [3.8, 4) is 5.75 Å². The van der Waals surface area contributed by atoms with Crippen LogP contribution in [0.3, 0.4) is 0 Å². The van der Waals surface area contributed by atoms with Crippen molar-refractivity contribution in [2.45, 2.75) is 37.3 Å². The van der Waals surface area contributed by atoms with Crippen LogP contribution in [0.15, 0.2) is 23.0 Å². The number of fused-ring (bicyclic) bond motifs is 4. The van der Waals surface area contributed by atoms with Crippen LogP contribution in [0.5, 0.6) is 5.75 Å². The molecule has 6 N–H and O–H groups in total. The highest BCUT2D eigenvalue weighted by molar-refractivity contribution is 6.24. The van der Waals surface area contributed by atoms with Gasteiger partial charge in [0.1, 0.15) is 22.8 Å². The van der Waals surface area contributed by atoms with Crippen molar-refractivity contribution < 1.29 is 34.4 Å². The number of anilines is 1. The maximum absolute atomic E-state index is 13.9. The first kappa shape index (κ1) is 23.4. The predicted octanol–water partition coefficient (Wildman–Crippen LogP) is 0.625. The number of nitrogens with one attached hydrogen (secondary N) is 1. The van der Waals surface area contributed by atoms with E-state index in [1.54, 1.807) is 14.1 Å². The highest BCUT2D eigenvalue weighted by atomic mass is 16.5. The van der Waals surface area contributed by atoms with Crippen LogP contribution in [0, 0.1) is 11.8 Å². The van der Waals surface area contributed by atoms with Crippen molar-refractivity contribution in [3.63, 3.8) is 0 Å². The third-order valence-corrected chi connectivity index (χ3v) is 7.92. The number of ether oxygens (including phenoxy) is 1. The summed E-state index contributed by atoms with van der Waals surface area (Å²) in [7, 11) is 4.69. The quantitative estimate of drug-likeness (QED) is 0.388. The summed E-state index contributed by atoms with van der Waals surface area (Å²) < 4.78 is 5.68. The normalized spacial score (nSPS) is 29.8. The Morgan fingerprint density at radius 1 is 1.29 bits per heavy atom. The number of hydrogen-bond donors (Lipinski definition) is 5. The molecule has 0 aromatic heterocycles. The molecule has 35 heavy (non-hydrogen) atoms. The minimum atomic E-state index is -2.58. The van der Waals surface area contributed by atoms with Gasteiger partial charge in [-0.15, -0.1) is 0 Å². The number of aliphatic hydroxyl groups excluding tert-OH is 2. The van der Waals surface area contributed by atoms with Gasteiger partial charge in [-0.25, -0.2) is 0 Å². The van der Waals surface area contributed by atoms with Crippen LogP contribution in [-0.2, 0) is 27.2 Å². The summed E-state index contributed by atoms with van der Waals surface area (Å²) in [6.07, 6.45) is 2.12. The SMILES string of the molecule is COc1c2c(cc3c1C(O)=C1C(=O)[C@]4(O)C(O)=C(C(N)=O)C(=O)[C@@H](N(C)C)[C@@H]4C[C@@H]1C3)NCCC2. The van der Waals surface area contributed by atoms with E-state index in [-0.39, 0.29) is 17.8 Å². The van der Waals surface area contributed by atoms with Crippen molar-refractivity contribution in [2.24, 2.45) is 17.6 Å². The molecule has 3 aliphatic carbocycles. The molecule has 1 amide bonds. The van der Waals surface area contributed by atoms with Gasteiger partial charge in [0.15, 0.2) is 11.4 Å². The average molecular weight is 484 g/mol. The molecule has 1 saturated carbocycles. The van der Waals surface area contributed by atoms with E-state index in [4.69, 9.17) is 10.5 Å². The number of ketones is 2. The monoisotopic (exact) mass is 483 g/mol. The third-order valence-electron chi connectivity index (χ3n) is 7.92. The van der Waals surface area contributed by atoms with Gasteiger partial charge in [-0.05, 0) is 57.3 Å². The Balaban J connectivity index is 1.74. The zero-order valence-corrected chi connectivity index (χ0v) is 19.8. The molecule has 1 fully saturated rings. The van der Waals surface area contributed by atoms with E-state index in [9.17, 15) is 29.7 Å². The zero-order valence-electron chi connectivity index (χ0n) is 19.8. The fourth-order valence-corrected chi connectivity index (χ4v) is 6.44. The van der Waals surface area contributed by atoms with Gasteiger partial charge in [-0.1, -0.05) is 0 Å². The highest BCUT2D eigenvalue weighted by Crippen LogP contribution is 2.53. The maximum Gasteiger partial charge on any atom is 0.255 e. The molecule has 0 bridgehead atoms. The van der Waals surface area contributed by atoms with E-state index < -0.39 is 52.3 Å². The van der Waals surface area contributed by atoms with E-state index in [0.717, 1.165) is 36.2 Å². The van der Waals surface area contributed by atoms with Gasteiger partial charge in [0.2, 0.25) is 5.78 Å². The summed E-state index contributed by atoms with van der Waals surface area (Å²) in [5.41, 5.74) is 4.96. The molecule has 4 aliphatic rings. The van der Waals surface area contributed by atoms with E-state index in [1.165, 1.54) is 12.0 Å². The Labute approximate surface area is 202 Å². The van der Waals surface area contributed by atoms with Crippen LogP contribution >= 0.6 is 0 Å². The van der Waals surface area contributed by atoms with E-state index in [2.05, 4.69) is 5.32 Å². The summed E-state index contributed by atoms with van der Waals surface area (Å²) in [5, 5.41) is 37.4. The van der Waals surface area contributed by atoms with Crippen LogP contribution in [0.2, 0.25) is 0 Å². The summed E-state index contributed by atoms with van der Waals surface area (Å²) in [4.78, 5) is 40.6. The summed E-state index contributed by atoms with van der Waals surface area (Å²) in [6.45, 7) is 0.819. The van der Waals surface area contributed by atoms with Gasteiger partial charge in [0, 0.05) is 29.3 Å². The lowest BCUT2D eigenvalue weighted by molar-refractivity contribution is -0.153. The second kappa shape index (κ2) is 7.82. The minimum absolute atomic E-state index is 0.0412. The molecule has 1 aromatic carbocycles. The van der Waals surface area contributed by atoms with E-state index >= 15 is 0 Å². The second-order valence-corrected chi connectivity index (χ2v) is 9.96. The molecule has 0 radical (unpaired) electrons. The molecule has 4 atom stereocenters. The van der Waals surface area contributed by atoms with Gasteiger partial charge < -0.3 is 31.1 Å². The molecule has 1 heterocycles. The molecule has 10 nitrogen and oxygen atoms in total. The number of carbonyl (C=O) groups excluding carboxylic acids is 3. The molecule has 0 saturated heterocycles. The van der Waals surface area contributed by atoms with Crippen molar-refractivity contribution in [2.75, 3.05) is 33.1 Å². The Bertz CT molecular complexity index is 1250. The van der Waals surface area contributed by atoms with Crippen LogP contribution in [0.25, 0.3) is 5.76 Å². The smallest absolute Gasteiger partial charge is 0.255 e. The van der Waals surface area contributed by atoms with Crippen molar-refractivity contribution in [3.05, 3.63) is 39.7 Å². The lowest BCUT2D eigenvalue weighted by Gasteiger charge is -2.50. The van der Waals surface area contributed by atoms with Crippen LogP contribution in [0.1, 0.15) is 29.5 Å². The fourth-order valence-electron chi connectivity index (χ4n) is 6.44. The minimum Gasteiger partial charge on any atom is -0.508 e. The van der Waals surface area contributed by atoms with E-state index in [1.807, 2.05) is 6.07 Å². The fraction of sp³-hybridized carbons (Fsp3) is 0.480. The number of likely N-dealkylation sites (N-methyl/N-ethyl adjacent to an activating group) is 1. The predicted molar refractivity (Wildman–Crippen MR) is 126 cm³/mol. The number of nitrogens with zero attached hydrogens (tertiary/aromatic N) is 1. The molecule has 1 aliphatic heterocycles. The number of methoxy groups -OCH3 is 1. The number of amides is 1. The molecular weight excluding hydrogens is 454 g/mol. The molecular formula is C25H29N3O7. The first-order chi connectivity index (χ1) is 16.5. The number of hydrogen-bond acceptors (Lipinski definition) is 9. The molecule has 5 rings (SSSR count). The van der Waals surface area contributed by atoms with Crippen molar-refractivity contribution >= 4 is 28.9 Å². The maximum atomic E-state index is 13.9. The number of rotatable bonds is 3. The second-order valence-electron chi connectivity index (χ2n) is 9.96. The van der Waals surface area contributed by atoms with Gasteiger partial charge >= 0.3 is 0 Å². The van der Waals surface area contributed by atoms with Crippen molar-refractivity contribution in [1.29, 1.82) is 0 Å². The molecule has 0 unspecified atom stereocenters. The van der Waals surface area contributed by atoms with Crippen molar-refractivity contribution in [1.82, 2.24) is 4.90 Å². The lowest BCUT2D eigenvalue weighted by Crippen LogP contribution is -2.65.